The van der Waals surface area contributed by atoms with Gasteiger partial charge in [-0.05, 0) is 18.9 Å². The van der Waals surface area contributed by atoms with Gasteiger partial charge in [0.1, 0.15) is 0 Å². The van der Waals surface area contributed by atoms with Crippen LogP contribution in [-0.4, -0.2) is 64.4 Å². The monoisotopic (exact) mass is 415 g/mol. The molecule has 1 aliphatic rings. The fourth-order valence-corrected chi connectivity index (χ4v) is 4.24. The van der Waals surface area contributed by atoms with Crippen molar-refractivity contribution in [2.75, 3.05) is 32.6 Å². The van der Waals surface area contributed by atoms with Gasteiger partial charge in [0, 0.05) is 42.9 Å². The van der Waals surface area contributed by atoms with Crippen molar-refractivity contribution >= 4 is 28.6 Å². The van der Waals surface area contributed by atoms with Crippen LogP contribution >= 0.6 is 11.8 Å². The molecule has 154 valence electrons. The summed E-state index contributed by atoms with van der Waals surface area (Å²) in [5.74, 6) is 1.02. The summed E-state index contributed by atoms with van der Waals surface area (Å²) in [6.07, 6.45) is 4.16. The average molecular weight is 416 g/mol. The summed E-state index contributed by atoms with van der Waals surface area (Å²) < 4.78 is 12.8. The van der Waals surface area contributed by atoms with Crippen molar-refractivity contribution in [2.45, 2.75) is 30.6 Å². The van der Waals surface area contributed by atoms with Crippen LogP contribution in [-0.2, 0) is 20.8 Å². The lowest BCUT2D eigenvalue weighted by Crippen LogP contribution is -2.33. The number of nitrogens with one attached hydrogen (secondary N) is 2. The van der Waals surface area contributed by atoms with E-state index in [1.807, 2.05) is 29.0 Å². The highest BCUT2D eigenvalue weighted by atomic mass is 32.2. The van der Waals surface area contributed by atoms with Gasteiger partial charge in [-0.25, -0.2) is 0 Å². The number of amides is 1. The van der Waals surface area contributed by atoms with Gasteiger partial charge >= 0.3 is 0 Å². The second kappa shape index (κ2) is 9.43. The van der Waals surface area contributed by atoms with Gasteiger partial charge < -0.3 is 19.8 Å². The Bertz CT molecular complexity index is 964. The predicted molar refractivity (Wildman–Crippen MR) is 112 cm³/mol. The van der Waals surface area contributed by atoms with Crippen molar-refractivity contribution in [3.8, 4) is 11.4 Å². The van der Waals surface area contributed by atoms with Gasteiger partial charge in [-0.3, -0.25) is 9.36 Å². The lowest BCUT2D eigenvalue weighted by molar-refractivity contribution is -0.119. The molecule has 0 saturated carbocycles. The number of rotatable bonds is 9. The summed E-state index contributed by atoms with van der Waals surface area (Å²) in [5, 5.41) is 13.5. The van der Waals surface area contributed by atoms with Crippen LogP contribution in [0.1, 0.15) is 12.8 Å². The number of benzene rings is 1. The van der Waals surface area contributed by atoms with E-state index >= 15 is 0 Å². The molecule has 0 unspecified atom stereocenters. The van der Waals surface area contributed by atoms with E-state index in [0.717, 1.165) is 41.7 Å². The molecule has 0 bridgehead atoms. The molecule has 3 heterocycles. The Balaban J connectivity index is 1.47. The molecule has 0 aliphatic carbocycles. The molecule has 8 nitrogen and oxygen atoms in total. The number of aromatic amines is 1. The lowest BCUT2D eigenvalue weighted by atomic mass is 10.1. The van der Waals surface area contributed by atoms with Crippen LogP contribution < -0.4 is 5.32 Å². The number of methoxy groups -OCH3 is 1. The first kappa shape index (κ1) is 19.9. The summed E-state index contributed by atoms with van der Waals surface area (Å²) in [7, 11) is 1.67. The van der Waals surface area contributed by atoms with Crippen LogP contribution in [0.5, 0.6) is 0 Å². The van der Waals surface area contributed by atoms with Gasteiger partial charge in [-0.1, -0.05) is 30.0 Å². The minimum Gasteiger partial charge on any atom is -0.383 e. The molecule has 1 saturated heterocycles. The first-order valence-electron chi connectivity index (χ1n) is 9.76. The molecular weight excluding hydrogens is 390 g/mol. The van der Waals surface area contributed by atoms with Gasteiger partial charge in [0.2, 0.25) is 5.91 Å². The summed E-state index contributed by atoms with van der Waals surface area (Å²) in [5.41, 5.74) is 2.03. The van der Waals surface area contributed by atoms with Gasteiger partial charge in [0.15, 0.2) is 11.0 Å². The highest BCUT2D eigenvalue weighted by molar-refractivity contribution is 7.99. The Labute approximate surface area is 173 Å². The molecule has 2 aromatic heterocycles. The zero-order valence-electron chi connectivity index (χ0n) is 16.4. The van der Waals surface area contributed by atoms with Crippen molar-refractivity contribution in [1.82, 2.24) is 25.1 Å². The molecule has 1 atom stereocenters. The molecule has 1 amide bonds. The maximum atomic E-state index is 12.2. The summed E-state index contributed by atoms with van der Waals surface area (Å²) in [4.78, 5) is 15.5. The Morgan fingerprint density at radius 1 is 1.41 bits per heavy atom. The molecule has 0 spiro atoms. The van der Waals surface area contributed by atoms with Gasteiger partial charge in [0.05, 0.1) is 25.0 Å². The van der Waals surface area contributed by atoms with Gasteiger partial charge in [0.25, 0.3) is 0 Å². The normalized spacial score (nSPS) is 16.5. The number of H-pyrrole nitrogens is 1. The Morgan fingerprint density at radius 2 is 2.31 bits per heavy atom. The van der Waals surface area contributed by atoms with Crippen molar-refractivity contribution < 1.29 is 14.3 Å². The number of aromatic nitrogens is 4. The molecule has 2 N–H and O–H groups in total. The third kappa shape index (κ3) is 4.63. The standard InChI is InChI=1S/C20H25N5O3S/c1-27-10-8-25-19(16-12-21-17-7-3-2-6-15(16)17)23-24-20(25)29-13-18(26)22-11-14-5-4-9-28-14/h2-3,6-7,12,14,21H,4-5,8-11,13H2,1H3,(H,22,26)/t14-/m0/s1. The zero-order chi connectivity index (χ0) is 20.1. The predicted octanol–water partition coefficient (Wildman–Crippen LogP) is 2.46. The molecule has 0 radical (unpaired) electrons. The minimum absolute atomic E-state index is 0.0274. The third-order valence-corrected chi connectivity index (χ3v) is 5.92. The number of fused-ring (bicyclic) bond motifs is 1. The van der Waals surface area contributed by atoms with E-state index in [4.69, 9.17) is 9.47 Å². The zero-order valence-corrected chi connectivity index (χ0v) is 17.2. The molecule has 9 heteroatoms. The molecule has 29 heavy (non-hydrogen) atoms. The first-order chi connectivity index (χ1) is 14.3. The second-order valence-corrected chi connectivity index (χ2v) is 7.87. The summed E-state index contributed by atoms with van der Waals surface area (Å²) >= 11 is 1.38. The van der Waals surface area contributed by atoms with Crippen LogP contribution in [0.25, 0.3) is 22.3 Å². The second-order valence-electron chi connectivity index (χ2n) is 6.93. The number of carbonyl (C=O) groups excluding carboxylic acids is 1. The van der Waals surface area contributed by atoms with Crippen LogP contribution in [0, 0.1) is 0 Å². The smallest absolute Gasteiger partial charge is 0.230 e. The van der Waals surface area contributed by atoms with Crippen LogP contribution in [0.15, 0.2) is 35.6 Å². The highest BCUT2D eigenvalue weighted by Gasteiger charge is 2.19. The van der Waals surface area contributed by atoms with Gasteiger partial charge in [-0.15, -0.1) is 10.2 Å². The fourth-order valence-electron chi connectivity index (χ4n) is 3.45. The minimum atomic E-state index is -0.0274. The van der Waals surface area contributed by atoms with E-state index < -0.39 is 0 Å². The van der Waals surface area contributed by atoms with E-state index in [1.165, 1.54) is 11.8 Å². The SMILES string of the molecule is COCCn1c(SCC(=O)NC[C@@H]2CCCO2)nnc1-c1c[nH]c2ccccc12. The molecular formula is C20H25N5O3S. The number of para-hydroxylation sites is 1. The van der Waals surface area contributed by atoms with Crippen molar-refractivity contribution in [2.24, 2.45) is 0 Å². The molecule has 4 rings (SSSR count). The van der Waals surface area contributed by atoms with Crippen LogP contribution in [0.3, 0.4) is 0 Å². The van der Waals surface area contributed by atoms with E-state index in [-0.39, 0.29) is 17.8 Å². The summed E-state index contributed by atoms with van der Waals surface area (Å²) in [6, 6.07) is 8.09. The molecule has 1 fully saturated rings. The average Bonchev–Trinajstić information content (AvgIpc) is 3.48. The lowest BCUT2D eigenvalue weighted by Gasteiger charge is -2.11. The number of thioether (sulfide) groups is 1. The largest absolute Gasteiger partial charge is 0.383 e. The highest BCUT2D eigenvalue weighted by Crippen LogP contribution is 2.29. The maximum Gasteiger partial charge on any atom is 0.230 e. The number of nitrogens with zero attached hydrogens (tertiary/aromatic N) is 3. The Hall–Kier alpha value is -2.36. The number of hydrogen-bond donors (Lipinski definition) is 2. The van der Waals surface area contributed by atoms with E-state index in [9.17, 15) is 4.79 Å². The van der Waals surface area contributed by atoms with Crippen LogP contribution in [0.4, 0.5) is 0 Å². The molecule has 1 aliphatic heterocycles. The number of ether oxygens (including phenoxy) is 2. The van der Waals surface area contributed by atoms with Gasteiger partial charge in [-0.2, -0.15) is 0 Å². The topological polar surface area (TPSA) is 94.1 Å². The van der Waals surface area contributed by atoms with Crippen molar-refractivity contribution in [3.63, 3.8) is 0 Å². The number of carbonyl (C=O) groups is 1. The van der Waals surface area contributed by atoms with E-state index in [0.29, 0.717) is 24.9 Å². The fraction of sp³-hybridized carbons (Fsp3) is 0.450. The van der Waals surface area contributed by atoms with Crippen molar-refractivity contribution in [3.05, 3.63) is 30.5 Å². The molecule has 3 aromatic rings. The van der Waals surface area contributed by atoms with Crippen LogP contribution in [0.2, 0.25) is 0 Å². The molecule has 1 aromatic carbocycles. The summed E-state index contributed by atoms with van der Waals surface area (Å²) in [6.45, 7) is 2.50. The Kier molecular flexibility index (Phi) is 6.48. The first-order valence-corrected chi connectivity index (χ1v) is 10.7. The van der Waals surface area contributed by atoms with E-state index in [2.05, 4.69) is 26.6 Å². The van der Waals surface area contributed by atoms with E-state index in [1.54, 1.807) is 7.11 Å². The van der Waals surface area contributed by atoms with Crippen molar-refractivity contribution in [1.29, 1.82) is 0 Å². The quantitative estimate of drug-likeness (QED) is 0.522. The Morgan fingerprint density at radius 3 is 3.14 bits per heavy atom. The number of hydrogen-bond acceptors (Lipinski definition) is 6. The third-order valence-electron chi connectivity index (χ3n) is 4.95. The maximum absolute atomic E-state index is 12.2.